The van der Waals surface area contributed by atoms with Crippen molar-refractivity contribution in [1.82, 2.24) is 24.4 Å². The Kier molecular flexibility index (Phi) is 7.67. The first-order valence-corrected chi connectivity index (χ1v) is 12.1. The third-order valence-corrected chi connectivity index (χ3v) is 7.79. The van der Waals surface area contributed by atoms with Gasteiger partial charge in [0.2, 0.25) is 15.9 Å². The topological polar surface area (TPSA) is 89.1 Å². The van der Waals surface area contributed by atoms with E-state index >= 15 is 0 Å². The van der Waals surface area contributed by atoms with E-state index in [1.165, 1.54) is 10.5 Å². The molecule has 9 nitrogen and oxygen atoms in total. The van der Waals surface area contributed by atoms with Crippen molar-refractivity contribution in [1.29, 1.82) is 0 Å². The lowest BCUT2D eigenvalue weighted by atomic mass is 10.2. The maximum Gasteiger partial charge on any atom is 0.244 e. The van der Waals surface area contributed by atoms with E-state index in [1.807, 2.05) is 14.0 Å². The van der Waals surface area contributed by atoms with Crippen molar-refractivity contribution < 1.29 is 13.2 Å². The first-order chi connectivity index (χ1) is 14.3. The van der Waals surface area contributed by atoms with E-state index in [2.05, 4.69) is 31.9 Å². The molecular weight excluding hydrogens is 404 g/mol. The van der Waals surface area contributed by atoms with Crippen LogP contribution in [0.1, 0.15) is 20.3 Å². The highest BCUT2D eigenvalue weighted by molar-refractivity contribution is 7.89. The Morgan fingerprint density at radius 3 is 2.33 bits per heavy atom. The number of hydrogen-bond acceptors (Lipinski definition) is 7. The van der Waals surface area contributed by atoms with Crippen LogP contribution in [0.5, 0.6) is 0 Å². The highest BCUT2D eigenvalue weighted by Gasteiger charge is 2.28. The van der Waals surface area contributed by atoms with E-state index in [0.717, 1.165) is 51.5 Å². The lowest BCUT2D eigenvalue weighted by Crippen LogP contribution is -2.50. The van der Waals surface area contributed by atoms with Crippen molar-refractivity contribution in [3.05, 3.63) is 18.3 Å². The molecule has 1 atom stereocenters. The summed E-state index contributed by atoms with van der Waals surface area (Å²) in [5.74, 6) is 0.838. The number of sulfonamides is 1. The Balaban J connectivity index is 1.53. The number of aromatic nitrogens is 1. The minimum atomic E-state index is -3.49. The second-order valence-electron chi connectivity index (χ2n) is 8.20. The molecule has 0 aliphatic carbocycles. The van der Waals surface area contributed by atoms with E-state index < -0.39 is 10.0 Å². The summed E-state index contributed by atoms with van der Waals surface area (Å²) in [6.07, 6.45) is 2.39. The van der Waals surface area contributed by atoms with Crippen LogP contribution >= 0.6 is 0 Å². The minimum absolute atomic E-state index is 0.0643. The van der Waals surface area contributed by atoms with Gasteiger partial charge in [-0.25, -0.2) is 13.4 Å². The summed E-state index contributed by atoms with van der Waals surface area (Å²) in [5.41, 5.74) is 0. The van der Waals surface area contributed by atoms with Gasteiger partial charge in [0.05, 0.1) is 6.54 Å². The van der Waals surface area contributed by atoms with E-state index in [1.54, 1.807) is 12.1 Å². The number of nitrogens with zero attached hydrogens (tertiary/aromatic N) is 5. The third-order valence-electron chi connectivity index (χ3n) is 5.90. The van der Waals surface area contributed by atoms with E-state index in [0.29, 0.717) is 19.6 Å². The van der Waals surface area contributed by atoms with Crippen LogP contribution in [-0.4, -0.2) is 105 Å². The van der Waals surface area contributed by atoms with Crippen LogP contribution in [-0.2, 0) is 14.8 Å². The molecule has 2 aliphatic heterocycles. The number of pyridine rings is 1. The van der Waals surface area contributed by atoms with Gasteiger partial charge >= 0.3 is 0 Å². The summed E-state index contributed by atoms with van der Waals surface area (Å²) in [4.78, 5) is 23.1. The van der Waals surface area contributed by atoms with Crippen LogP contribution in [0.3, 0.4) is 0 Å². The number of rotatable bonds is 7. The zero-order chi connectivity index (χ0) is 21.7. The molecule has 1 unspecified atom stereocenters. The number of hydrogen-bond donors (Lipinski definition) is 1. The number of piperazine rings is 2. The molecule has 0 aromatic carbocycles. The lowest BCUT2D eigenvalue weighted by molar-refractivity contribution is -0.122. The number of anilines is 1. The van der Waals surface area contributed by atoms with Gasteiger partial charge in [0, 0.05) is 64.6 Å². The predicted molar refractivity (Wildman–Crippen MR) is 117 cm³/mol. The molecule has 168 valence electrons. The monoisotopic (exact) mass is 438 g/mol. The molecule has 30 heavy (non-hydrogen) atoms. The predicted octanol–water partition coefficient (Wildman–Crippen LogP) is 0.0544. The van der Waals surface area contributed by atoms with Crippen molar-refractivity contribution in [3.8, 4) is 0 Å². The molecule has 1 aromatic rings. The first kappa shape index (κ1) is 22.9. The highest BCUT2D eigenvalue weighted by atomic mass is 32.2. The van der Waals surface area contributed by atoms with Gasteiger partial charge in [-0.2, -0.15) is 4.31 Å². The maximum atomic E-state index is 12.8. The van der Waals surface area contributed by atoms with Crippen molar-refractivity contribution in [2.24, 2.45) is 0 Å². The molecule has 1 amide bonds. The van der Waals surface area contributed by atoms with Gasteiger partial charge in [-0.15, -0.1) is 0 Å². The maximum absolute atomic E-state index is 12.8. The Bertz CT molecular complexity index is 800. The van der Waals surface area contributed by atoms with Crippen LogP contribution in [0.15, 0.2) is 23.2 Å². The normalized spacial score (nSPS) is 20.8. The van der Waals surface area contributed by atoms with Gasteiger partial charge < -0.3 is 15.1 Å². The molecule has 1 N–H and O–H groups in total. The standard InChI is InChI=1S/C20H34N6O3S/c1-4-17(2)22-20(27)16-24-9-11-25(12-10-24)19-6-5-18(15-21-19)30(28,29)26-13-7-23(3)8-14-26/h5-6,15,17H,4,7-14,16H2,1-3H3,(H,22,27). The average molecular weight is 439 g/mol. The van der Waals surface area contributed by atoms with Gasteiger partial charge in [0.25, 0.3) is 0 Å². The summed E-state index contributed by atoms with van der Waals surface area (Å²) in [6.45, 7) is 10.0. The van der Waals surface area contributed by atoms with Crippen LogP contribution < -0.4 is 10.2 Å². The fourth-order valence-corrected chi connectivity index (χ4v) is 5.02. The molecule has 0 bridgehead atoms. The molecule has 1 aromatic heterocycles. The molecule has 2 fully saturated rings. The third kappa shape index (κ3) is 5.69. The van der Waals surface area contributed by atoms with Gasteiger partial charge in [0.15, 0.2) is 0 Å². The SMILES string of the molecule is CCC(C)NC(=O)CN1CCN(c2ccc(S(=O)(=O)N3CCN(C)CC3)cn2)CC1. The van der Waals surface area contributed by atoms with Gasteiger partial charge in [0.1, 0.15) is 10.7 Å². The van der Waals surface area contributed by atoms with Crippen molar-refractivity contribution in [3.63, 3.8) is 0 Å². The Morgan fingerprint density at radius 1 is 1.10 bits per heavy atom. The van der Waals surface area contributed by atoms with E-state index in [4.69, 9.17) is 0 Å². The number of carbonyl (C=O) groups is 1. The summed E-state index contributed by atoms with van der Waals surface area (Å²) in [7, 11) is -1.50. The minimum Gasteiger partial charge on any atom is -0.354 e. The molecule has 2 aliphatic rings. The summed E-state index contributed by atoms with van der Waals surface area (Å²) in [6, 6.07) is 3.64. The van der Waals surface area contributed by atoms with Crippen molar-refractivity contribution in [2.75, 3.05) is 70.9 Å². The van der Waals surface area contributed by atoms with Crippen molar-refractivity contribution >= 4 is 21.7 Å². The zero-order valence-corrected chi connectivity index (χ0v) is 19.1. The van der Waals surface area contributed by atoms with Crippen LogP contribution in [0, 0.1) is 0 Å². The highest BCUT2D eigenvalue weighted by Crippen LogP contribution is 2.20. The van der Waals surface area contributed by atoms with E-state index in [9.17, 15) is 13.2 Å². The molecule has 3 rings (SSSR count). The Labute approximate surface area is 180 Å². The van der Waals surface area contributed by atoms with Crippen molar-refractivity contribution in [2.45, 2.75) is 31.2 Å². The molecule has 3 heterocycles. The van der Waals surface area contributed by atoms with E-state index in [-0.39, 0.29) is 16.8 Å². The van der Waals surface area contributed by atoms with Crippen LogP contribution in [0.4, 0.5) is 5.82 Å². The molecule has 10 heteroatoms. The summed E-state index contributed by atoms with van der Waals surface area (Å²) >= 11 is 0. The second kappa shape index (κ2) is 10.0. The quantitative estimate of drug-likeness (QED) is 0.644. The molecule has 0 spiro atoms. The largest absolute Gasteiger partial charge is 0.354 e. The molecular formula is C20H34N6O3S. The zero-order valence-electron chi connectivity index (χ0n) is 18.2. The number of amides is 1. The fraction of sp³-hybridized carbons (Fsp3) is 0.700. The number of carbonyl (C=O) groups excluding carboxylic acids is 1. The van der Waals surface area contributed by atoms with Gasteiger partial charge in [-0.3, -0.25) is 9.69 Å². The molecule has 2 saturated heterocycles. The number of nitrogens with one attached hydrogen (secondary N) is 1. The molecule has 0 radical (unpaired) electrons. The first-order valence-electron chi connectivity index (χ1n) is 10.7. The smallest absolute Gasteiger partial charge is 0.244 e. The number of likely N-dealkylation sites (N-methyl/N-ethyl adjacent to an activating group) is 1. The lowest BCUT2D eigenvalue weighted by Gasteiger charge is -2.35. The Hall–Kier alpha value is -1.75. The van der Waals surface area contributed by atoms with Crippen LogP contribution in [0.25, 0.3) is 0 Å². The average Bonchev–Trinajstić information content (AvgIpc) is 2.74. The second-order valence-corrected chi connectivity index (χ2v) is 10.1. The fourth-order valence-electron chi connectivity index (χ4n) is 3.65. The van der Waals surface area contributed by atoms with Gasteiger partial charge in [-0.05, 0) is 32.5 Å². The summed E-state index contributed by atoms with van der Waals surface area (Å²) in [5, 5.41) is 3.00. The van der Waals surface area contributed by atoms with Gasteiger partial charge in [-0.1, -0.05) is 6.92 Å². The molecule has 0 saturated carbocycles. The summed E-state index contributed by atoms with van der Waals surface area (Å²) < 4.78 is 27.2. The van der Waals surface area contributed by atoms with Crippen LogP contribution in [0.2, 0.25) is 0 Å². The Morgan fingerprint density at radius 2 is 1.77 bits per heavy atom.